The number of benzene rings is 1. The molecule has 6 nitrogen and oxygen atoms in total. The molecule has 0 aliphatic rings. The van der Waals surface area contributed by atoms with Gasteiger partial charge < -0.3 is 10.0 Å². The van der Waals surface area contributed by atoms with E-state index in [1.54, 1.807) is 38.2 Å². The number of aromatic nitrogens is 2. The Morgan fingerprint density at radius 3 is 2.70 bits per heavy atom. The summed E-state index contributed by atoms with van der Waals surface area (Å²) in [6.45, 7) is 2.09. The number of H-pyrrole nitrogens is 1. The van der Waals surface area contributed by atoms with Crippen molar-refractivity contribution in [2.45, 2.75) is 19.4 Å². The summed E-state index contributed by atoms with van der Waals surface area (Å²) in [4.78, 5) is 25.5. The molecular formula is C14H17N3O3. The largest absolute Gasteiger partial charge is 0.393 e. The van der Waals surface area contributed by atoms with Crippen molar-refractivity contribution < 1.29 is 9.90 Å². The molecule has 106 valence electrons. The topological polar surface area (TPSA) is 86.3 Å². The Bertz CT molecular complexity index is 679. The quantitative estimate of drug-likeness (QED) is 0.862. The van der Waals surface area contributed by atoms with Gasteiger partial charge in [0, 0.05) is 19.0 Å². The van der Waals surface area contributed by atoms with E-state index in [4.69, 9.17) is 0 Å². The van der Waals surface area contributed by atoms with E-state index in [-0.39, 0.29) is 17.2 Å². The van der Waals surface area contributed by atoms with Crippen LogP contribution >= 0.6 is 0 Å². The first-order valence-corrected chi connectivity index (χ1v) is 6.41. The van der Waals surface area contributed by atoms with Gasteiger partial charge in [-0.05, 0) is 19.4 Å². The summed E-state index contributed by atoms with van der Waals surface area (Å²) in [7, 11) is 1.65. The number of hydrogen-bond acceptors (Lipinski definition) is 4. The van der Waals surface area contributed by atoms with Gasteiger partial charge in [-0.2, -0.15) is 5.10 Å². The summed E-state index contributed by atoms with van der Waals surface area (Å²) in [6.07, 6.45) is 0.0225. The van der Waals surface area contributed by atoms with E-state index in [0.717, 1.165) is 0 Å². The van der Waals surface area contributed by atoms with Crippen LogP contribution in [0.4, 0.5) is 0 Å². The van der Waals surface area contributed by atoms with Crippen LogP contribution in [0.5, 0.6) is 0 Å². The van der Waals surface area contributed by atoms with Gasteiger partial charge >= 0.3 is 0 Å². The summed E-state index contributed by atoms with van der Waals surface area (Å²) in [6, 6.07) is 6.86. The van der Waals surface area contributed by atoms with E-state index >= 15 is 0 Å². The van der Waals surface area contributed by atoms with Gasteiger partial charge in [0.25, 0.3) is 11.5 Å². The van der Waals surface area contributed by atoms with Crippen LogP contribution in [0.1, 0.15) is 23.8 Å². The van der Waals surface area contributed by atoms with Crippen LogP contribution in [0.15, 0.2) is 29.1 Å². The molecule has 1 atom stereocenters. The highest BCUT2D eigenvalue weighted by atomic mass is 16.3. The third-order valence-corrected chi connectivity index (χ3v) is 3.13. The molecule has 2 N–H and O–H groups in total. The highest BCUT2D eigenvalue weighted by Gasteiger charge is 2.18. The zero-order valence-electron chi connectivity index (χ0n) is 11.5. The van der Waals surface area contributed by atoms with Crippen LogP contribution in [0, 0.1) is 0 Å². The van der Waals surface area contributed by atoms with Gasteiger partial charge in [0.1, 0.15) is 0 Å². The molecular weight excluding hydrogens is 258 g/mol. The van der Waals surface area contributed by atoms with Crippen molar-refractivity contribution >= 4 is 16.7 Å². The zero-order valence-corrected chi connectivity index (χ0v) is 11.5. The lowest BCUT2D eigenvalue weighted by molar-refractivity contribution is 0.0764. The summed E-state index contributed by atoms with van der Waals surface area (Å²) >= 11 is 0. The number of nitrogens with zero attached hydrogens (tertiary/aromatic N) is 2. The number of fused-ring (bicyclic) bond motifs is 1. The average molecular weight is 275 g/mol. The van der Waals surface area contributed by atoms with Crippen LogP contribution in [0.25, 0.3) is 10.8 Å². The van der Waals surface area contributed by atoms with Gasteiger partial charge in [0.15, 0.2) is 5.69 Å². The van der Waals surface area contributed by atoms with Gasteiger partial charge in [0.05, 0.1) is 11.5 Å². The number of carbonyl (C=O) groups is 1. The molecule has 0 fully saturated rings. The normalized spacial score (nSPS) is 12.3. The first-order chi connectivity index (χ1) is 9.50. The molecule has 20 heavy (non-hydrogen) atoms. The summed E-state index contributed by atoms with van der Waals surface area (Å²) in [5.41, 5.74) is -0.0999. The minimum absolute atomic E-state index is 0.216. The number of carbonyl (C=O) groups excluding carboxylic acids is 1. The molecule has 2 rings (SSSR count). The lowest BCUT2D eigenvalue weighted by Crippen LogP contribution is -2.31. The highest BCUT2D eigenvalue weighted by Crippen LogP contribution is 2.14. The van der Waals surface area contributed by atoms with Crippen molar-refractivity contribution in [2.24, 2.45) is 0 Å². The maximum atomic E-state index is 12.3. The van der Waals surface area contributed by atoms with Crippen molar-refractivity contribution in [2.75, 3.05) is 13.6 Å². The average Bonchev–Trinajstić information content (AvgIpc) is 2.44. The van der Waals surface area contributed by atoms with Crippen molar-refractivity contribution in [1.29, 1.82) is 0 Å². The fraction of sp³-hybridized carbons (Fsp3) is 0.357. The Morgan fingerprint density at radius 2 is 2.05 bits per heavy atom. The lowest BCUT2D eigenvalue weighted by atomic mass is 10.1. The second-order valence-corrected chi connectivity index (χ2v) is 4.81. The SMILES string of the molecule is CC(O)CCN(C)C(=O)c1n[nH]c(=O)c2ccccc12. The molecule has 0 bridgehead atoms. The van der Waals surface area contributed by atoms with Crippen molar-refractivity contribution in [1.82, 2.24) is 15.1 Å². The zero-order chi connectivity index (χ0) is 14.7. The first-order valence-electron chi connectivity index (χ1n) is 6.41. The lowest BCUT2D eigenvalue weighted by Gasteiger charge is -2.18. The smallest absolute Gasteiger partial charge is 0.274 e. The molecule has 0 radical (unpaired) electrons. The second kappa shape index (κ2) is 5.83. The number of aliphatic hydroxyl groups is 1. The van der Waals surface area contributed by atoms with Crippen molar-refractivity contribution in [3.05, 3.63) is 40.3 Å². The Kier molecular flexibility index (Phi) is 4.14. The Balaban J connectivity index is 2.35. The molecule has 0 saturated heterocycles. The van der Waals surface area contributed by atoms with E-state index < -0.39 is 6.10 Å². The molecule has 2 aromatic rings. The third kappa shape index (κ3) is 2.85. The monoisotopic (exact) mass is 275 g/mol. The van der Waals surface area contributed by atoms with Gasteiger partial charge in [0.2, 0.25) is 0 Å². The predicted molar refractivity (Wildman–Crippen MR) is 75.6 cm³/mol. The van der Waals surface area contributed by atoms with E-state index in [1.807, 2.05) is 0 Å². The summed E-state index contributed by atoms with van der Waals surface area (Å²) in [5, 5.41) is 16.4. The summed E-state index contributed by atoms with van der Waals surface area (Å²) in [5.74, 6) is -0.280. The van der Waals surface area contributed by atoms with Crippen LogP contribution in [-0.2, 0) is 0 Å². The van der Waals surface area contributed by atoms with E-state index in [1.165, 1.54) is 4.90 Å². The number of nitrogens with one attached hydrogen (secondary N) is 1. The maximum Gasteiger partial charge on any atom is 0.274 e. The molecule has 1 heterocycles. The molecule has 0 aliphatic heterocycles. The van der Waals surface area contributed by atoms with Gasteiger partial charge in [-0.15, -0.1) is 0 Å². The second-order valence-electron chi connectivity index (χ2n) is 4.81. The van der Waals surface area contributed by atoms with Crippen LogP contribution in [0.3, 0.4) is 0 Å². The molecule has 1 unspecified atom stereocenters. The fourth-order valence-corrected chi connectivity index (χ4v) is 1.94. The number of aromatic amines is 1. The molecule has 0 spiro atoms. The molecule has 1 amide bonds. The van der Waals surface area contributed by atoms with Crippen molar-refractivity contribution in [3.8, 4) is 0 Å². The number of rotatable bonds is 4. The van der Waals surface area contributed by atoms with Gasteiger partial charge in [-0.3, -0.25) is 9.59 Å². The third-order valence-electron chi connectivity index (χ3n) is 3.13. The standard InChI is InChI=1S/C14H17N3O3/c1-9(18)7-8-17(2)14(20)12-10-5-3-4-6-11(10)13(19)16-15-12/h3-6,9,18H,7-8H2,1-2H3,(H,16,19). The van der Waals surface area contributed by atoms with Crippen molar-refractivity contribution in [3.63, 3.8) is 0 Å². The van der Waals surface area contributed by atoms with E-state index in [0.29, 0.717) is 23.7 Å². The minimum atomic E-state index is -0.467. The number of aliphatic hydroxyl groups excluding tert-OH is 1. The number of amides is 1. The molecule has 0 saturated carbocycles. The highest BCUT2D eigenvalue weighted by molar-refractivity contribution is 6.04. The fourth-order valence-electron chi connectivity index (χ4n) is 1.94. The van der Waals surface area contributed by atoms with Crippen LogP contribution in [0.2, 0.25) is 0 Å². The van der Waals surface area contributed by atoms with Crippen LogP contribution in [-0.4, -0.2) is 45.8 Å². The van der Waals surface area contributed by atoms with E-state index in [2.05, 4.69) is 10.2 Å². The van der Waals surface area contributed by atoms with Gasteiger partial charge in [-0.25, -0.2) is 5.10 Å². The molecule has 6 heteroatoms. The Labute approximate surface area is 116 Å². The van der Waals surface area contributed by atoms with Crippen LogP contribution < -0.4 is 5.56 Å². The minimum Gasteiger partial charge on any atom is -0.393 e. The molecule has 0 aliphatic carbocycles. The Hall–Kier alpha value is -2.21. The number of hydrogen-bond donors (Lipinski definition) is 2. The maximum absolute atomic E-state index is 12.3. The first kappa shape index (κ1) is 14.2. The van der Waals surface area contributed by atoms with E-state index in [9.17, 15) is 14.7 Å². The molecule has 1 aromatic carbocycles. The van der Waals surface area contributed by atoms with Gasteiger partial charge in [-0.1, -0.05) is 18.2 Å². The Morgan fingerprint density at radius 1 is 1.40 bits per heavy atom. The molecule has 1 aromatic heterocycles. The summed E-state index contributed by atoms with van der Waals surface area (Å²) < 4.78 is 0. The predicted octanol–water partition coefficient (Wildman–Crippen LogP) is 0.766.